The number of aryl methyl sites for hydroxylation is 1. The van der Waals surface area contributed by atoms with Gasteiger partial charge in [0.15, 0.2) is 0 Å². The van der Waals surface area contributed by atoms with E-state index in [0.717, 1.165) is 0 Å². The van der Waals surface area contributed by atoms with E-state index in [9.17, 15) is 9.18 Å². The highest BCUT2D eigenvalue weighted by Crippen LogP contribution is 2.25. The van der Waals surface area contributed by atoms with Gasteiger partial charge in [-0.25, -0.2) is 4.39 Å². The number of hydrogen-bond donors (Lipinski definition) is 2. The fraction of sp³-hybridized carbons (Fsp3) is 0.0714. The lowest BCUT2D eigenvalue weighted by Crippen LogP contribution is -2.14. The second-order valence-electron chi connectivity index (χ2n) is 4.12. The van der Waals surface area contributed by atoms with Crippen LogP contribution in [0.25, 0.3) is 0 Å². The Morgan fingerprint density at radius 3 is 2.68 bits per heavy atom. The van der Waals surface area contributed by atoms with Crippen LogP contribution in [-0.4, -0.2) is 5.91 Å². The topological polar surface area (TPSA) is 55.1 Å². The Labute approximate surface area is 118 Å². The van der Waals surface area contributed by atoms with Crippen molar-refractivity contribution in [1.82, 2.24) is 0 Å². The molecule has 0 radical (unpaired) electrons. The van der Waals surface area contributed by atoms with E-state index in [1.807, 2.05) is 0 Å². The van der Waals surface area contributed by atoms with Crippen molar-refractivity contribution in [3.8, 4) is 0 Å². The minimum absolute atomic E-state index is 0.300. The average molecular weight is 323 g/mol. The summed E-state index contributed by atoms with van der Waals surface area (Å²) in [6.45, 7) is 1.72. The fourth-order valence-corrected chi connectivity index (χ4v) is 2.02. The van der Waals surface area contributed by atoms with E-state index in [1.54, 1.807) is 31.2 Å². The van der Waals surface area contributed by atoms with Crippen LogP contribution in [0, 0.1) is 12.7 Å². The lowest BCUT2D eigenvalue weighted by Gasteiger charge is -2.10. The van der Waals surface area contributed by atoms with Crippen molar-refractivity contribution in [1.29, 1.82) is 0 Å². The summed E-state index contributed by atoms with van der Waals surface area (Å²) in [5.74, 6) is -0.686. The number of halogens is 2. The zero-order valence-electron chi connectivity index (χ0n) is 10.2. The number of nitrogens with two attached hydrogens (primary N) is 1. The van der Waals surface area contributed by atoms with Gasteiger partial charge in [-0.15, -0.1) is 0 Å². The molecule has 2 aromatic carbocycles. The second kappa shape index (κ2) is 5.40. The normalized spacial score (nSPS) is 10.3. The first-order chi connectivity index (χ1) is 8.99. The molecule has 5 heteroatoms. The van der Waals surface area contributed by atoms with E-state index in [2.05, 4.69) is 21.2 Å². The number of rotatable bonds is 2. The molecule has 98 valence electrons. The van der Waals surface area contributed by atoms with Crippen molar-refractivity contribution >= 4 is 33.2 Å². The molecule has 3 nitrogen and oxygen atoms in total. The van der Waals surface area contributed by atoms with Crippen LogP contribution < -0.4 is 11.1 Å². The molecular weight excluding hydrogens is 311 g/mol. The predicted molar refractivity (Wildman–Crippen MR) is 77.6 cm³/mol. The van der Waals surface area contributed by atoms with Crippen LogP contribution in [0.1, 0.15) is 15.9 Å². The minimum atomic E-state index is -0.366. The molecule has 0 unspecified atom stereocenters. The molecular formula is C14H12BrFN2O. The third-order valence-corrected chi connectivity index (χ3v) is 3.33. The Kier molecular flexibility index (Phi) is 3.85. The summed E-state index contributed by atoms with van der Waals surface area (Å²) in [5.41, 5.74) is 7.72. The summed E-state index contributed by atoms with van der Waals surface area (Å²) < 4.78 is 13.6. The van der Waals surface area contributed by atoms with E-state index >= 15 is 0 Å². The summed E-state index contributed by atoms with van der Waals surface area (Å²) in [6, 6.07) is 9.67. The van der Waals surface area contributed by atoms with Crippen molar-refractivity contribution < 1.29 is 9.18 Å². The van der Waals surface area contributed by atoms with Crippen LogP contribution in [0.3, 0.4) is 0 Å². The Bertz CT molecular complexity index is 643. The molecule has 3 N–H and O–H groups in total. The number of nitrogen functional groups attached to an aromatic ring is 1. The third-order valence-electron chi connectivity index (χ3n) is 2.72. The maximum absolute atomic E-state index is 13.3. The van der Waals surface area contributed by atoms with Crippen LogP contribution in [0.4, 0.5) is 15.8 Å². The van der Waals surface area contributed by atoms with E-state index in [-0.39, 0.29) is 11.7 Å². The Balaban J connectivity index is 2.30. The van der Waals surface area contributed by atoms with Gasteiger partial charge in [0.25, 0.3) is 5.91 Å². The number of nitrogens with one attached hydrogen (secondary N) is 1. The lowest BCUT2D eigenvalue weighted by atomic mass is 10.1. The van der Waals surface area contributed by atoms with Gasteiger partial charge in [-0.1, -0.05) is 12.1 Å². The number of carbonyl (C=O) groups is 1. The molecule has 0 atom stereocenters. The zero-order valence-corrected chi connectivity index (χ0v) is 11.8. The smallest absolute Gasteiger partial charge is 0.257 e. The standard InChI is InChI=1S/C14H12BrFN2O/c1-8-6-11(16)10(15)7-13(8)18-14(19)9-4-2-3-5-12(9)17/h2-7H,17H2,1H3,(H,18,19). The predicted octanol–water partition coefficient (Wildman–Crippen LogP) is 3.73. The highest BCUT2D eigenvalue weighted by molar-refractivity contribution is 9.10. The molecule has 19 heavy (non-hydrogen) atoms. The molecule has 0 saturated heterocycles. The molecule has 0 aliphatic heterocycles. The monoisotopic (exact) mass is 322 g/mol. The molecule has 0 heterocycles. The molecule has 2 rings (SSSR count). The van der Waals surface area contributed by atoms with E-state index < -0.39 is 0 Å². The Morgan fingerprint density at radius 2 is 2.00 bits per heavy atom. The van der Waals surface area contributed by atoms with E-state index in [4.69, 9.17) is 5.73 Å². The zero-order chi connectivity index (χ0) is 14.0. The van der Waals surface area contributed by atoms with Gasteiger partial charge in [0.2, 0.25) is 0 Å². The molecule has 0 aliphatic rings. The molecule has 2 aromatic rings. The van der Waals surface area contributed by atoms with Crippen molar-refractivity contribution in [2.24, 2.45) is 0 Å². The summed E-state index contributed by atoms with van der Waals surface area (Å²) in [4.78, 5) is 12.1. The molecule has 0 bridgehead atoms. The first-order valence-corrected chi connectivity index (χ1v) is 6.40. The SMILES string of the molecule is Cc1cc(F)c(Br)cc1NC(=O)c1ccccc1N. The van der Waals surface area contributed by atoms with E-state index in [1.165, 1.54) is 12.1 Å². The first-order valence-electron chi connectivity index (χ1n) is 5.60. The van der Waals surface area contributed by atoms with Gasteiger partial charge in [0.1, 0.15) is 5.82 Å². The first kappa shape index (κ1) is 13.5. The number of anilines is 2. The Morgan fingerprint density at radius 1 is 1.32 bits per heavy atom. The van der Waals surface area contributed by atoms with Crippen LogP contribution in [0.2, 0.25) is 0 Å². The lowest BCUT2D eigenvalue weighted by molar-refractivity contribution is 0.102. The van der Waals surface area contributed by atoms with Gasteiger partial charge in [0.05, 0.1) is 10.0 Å². The fourth-order valence-electron chi connectivity index (χ4n) is 1.67. The van der Waals surface area contributed by atoms with Crippen molar-refractivity contribution in [2.45, 2.75) is 6.92 Å². The van der Waals surface area contributed by atoms with Crippen LogP contribution in [0.5, 0.6) is 0 Å². The van der Waals surface area contributed by atoms with Crippen LogP contribution >= 0.6 is 15.9 Å². The largest absolute Gasteiger partial charge is 0.398 e. The van der Waals surface area contributed by atoms with Gasteiger partial charge >= 0.3 is 0 Å². The van der Waals surface area contributed by atoms with Crippen LogP contribution in [-0.2, 0) is 0 Å². The maximum atomic E-state index is 13.3. The number of hydrogen-bond acceptors (Lipinski definition) is 2. The highest BCUT2D eigenvalue weighted by atomic mass is 79.9. The molecule has 0 saturated carbocycles. The Hall–Kier alpha value is -1.88. The van der Waals surface area contributed by atoms with Crippen molar-refractivity contribution in [3.63, 3.8) is 0 Å². The quantitative estimate of drug-likeness (QED) is 0.828. The summed E-state index contributed by atoms with van der Waals surface area (Å²) >= 11 is 3.09. The van der Waals surface area contributed by atoms with Crippen molar-refractivity contribution in [3.05, 3.63) is 57.8 Å². The summed E-state index contributed by atoms with van der Waals surface area (Å²) in [5, 5.41) is 2.72. The minimum Gasteiger partial charge on any atom is -0.398 e. The second-order valence-corrected chi connectivity index (χ2v) is 4.98. The van der Waals surface area contributed by atoms with Gasteiger partial charge in [-0.2, -0.15) is 0 Å². The van der Waals surface area contributed by atoms with Crippen LogP contribution in [0.15, 0.2) is 40.9 Å². The van der Waals surface area contributed by atoms with E-state index in [0.29, 0.717) is 27.0 Å². The van der Waals surface area contributed by atoms with Gasteiger partial charge in [-0.3, -0.25) is 4.79 Å². The van der Waals surface area contributed by atoms with Gasteiger partial charge < -0.3 is 11.1 Å². The van der Waals surface area contributed by atoms with Gasteiger partial charge in [-0.05, 0) is 52.7 Å². The van der Waals surface area contributed by atoms with Crippen molar-refractivity contribution in [2.75, 3.05) is 11.1 Å². The molecule has 0 fully saturated rings. The third kappa shape index (κ3) is 2.93. The number of amides is 1. The number of para-hydroxylation sites is 1. The summed E-state index contributed by atoms with van der Waals surface area (Å²) in [6.07, 6.45) is 0. The number of benzene rings is 2. The molecule has 0 spiro atoms. The average Bonchev–Trinajstić information content (AvgIpc) is 2.36. The molecule has 0 aromatic heterocycles. The number of carbonyl (C=O) groups excluding carboxylic acids is 1. The van der Waals surface area contributed by atoms with Gasteiger partial charge in [0, 0.05) is 11.4 Å². The molecule has 1 amide bonds. The summed E-state index contributed by atoms with van der Waals surface area (Å²) in [7, 11) is 0. The molecule has 0 aliphatic carbocycles. The maximum Gasteiger partial charge on any atom is 0.257 e. The highest BCUT2D eigenvalue weighted by Gasteiger charge is 2.12.